The molecule has 0 bridgehead atoms. The number of carboxylic acids is 1. The third kappa shape index (κ3) is 2.04. The maximum Gasteiger partial charge on any atom is 0.312 e. The second-order valence-electron chi connectivity index (χ2n) is 4.72. The van der Waals surface area contributed by atoms with Gasteiger partial charge in [-0.05, 0) is 31.4 Å². The fraction of sp³-hybridized carbons (Fsp3) is 0.286. The minimum Gasteiger partial charge on any atom is -0.481 e. The van der Waals surface area contributed by atoms with Crippen LogP contribution in [-0.2, 0) is 11.2 Å². The van der Waals surface area contributed by atoms with Gasteiger partial charge in [0.1, 0.15) is 16.7 Å². The van der Waals surface area contributed by atoms with Crippen LogP contribution in [0.5, 0.6) is 0 Å². The first-order chi connectivity index (χ1) is 9.06. The molecular weight excluding hydrogens is 265 g/mol. The molecule has 0 saturated heterocycles. The Kier molecular flexibility index (Phi) is 2.86. The number of hydrogen-bond acceptors (Lipinski definition) is 3. The Morgan fingerprint density at radius 2 is 2.32 bits per heavy atom. The van der Waals surface area contributed by atoms with Crippen molar-refractivity contribution in [3.05, 3.63) is 40.2 Å². The maximum atomic E-state index is 13.6. The monoisotopic (exact) mass is 277 g/mol. The van der Waals surface area contributed by atoms with Crippen LogP contribution in [0.25, 0.3) is 10.6 Å². The maximum absolute atomic E-state index is 13.6. The molecule has 0 amide bonds. The molecule has 1 aliphatic rings. The van der Waals surface area contributed by atoms with Crippen LogP contribution in [0.2, 0.25) is 0 Å². The van der Waals surface area contributed by atoms with E-state index in [0.29, 0.717) is 28.2 Å². The molecule has 0 fully saturated rings. The molecule has 98 valence electrons. The van der Waals surface area contributed by atoms with E-state index in [1.807, 2.05) is 6.07 Å². The van der Waals surface area contributed by atoms with Crippen molar-refractivity contribution in [2.45, 2.75) is 25.7 Å². The van der Waals surface area contributed by atoms with Gasteiger partial charge >= 0.3 is 5.97 Å². The summed E-state index contributed by atoms with van der Waals surface area (Å²) >= 11 is 1.47. The summed E-state index contributed by atoms with van der Waals surface area (Å²) in [5, 5.41) is 9.83. The number of carbonyl (C=O) groups is 1. The van der Waals surface area contributed by atoms with Gasteiger partial charge in [-0.2, -0.15) is 0 Å². The zero-order valence-electron chi connectivity index (χ0n) is 10.3. The summed E-state index contributed by atoms with van der Waals surface area (Å²) in [6.07, 6.45) is 1.37. The van der Waals surface area contributed by atoms with E-state index >= 15 is 0 Å². The lowest BCUT2D eigenvalue weighted by Crippen LogP contribution is -2.08. The minimum absolute atomic E-state index is 0.261. The minimum atomic E-state index is -0.828. The molecule has 3 nitrogen and oxygen atoms in total. The van der Waals surface area contributed by atoms with Gasteiger partial charge < -0.3 is 5.11 Å². The number of halogens is 1. The summed E-state index contributed by atoms with van der Waals surface area (Å²) in [6.45, 7) is 1.71. The molecule has 1 N–H and O–H groups in total. The Labute approximate surface area is 113 Å². The Balaban J connectivity index is 2.02. The molecule has 1 unspecified atom stereocenters. The van der Waals surface area contributed by atoms with E-state index in [-0.39, 0.29) is 5.82 Å². The second-order valence-corrected chi connectivity index (χ2v) is 5.80. The smallest absolute Gasteiger partial charge is 0.312 e. The number of aliphatic carboxylic acids is 1. The van der Waals surface area contributed by atoms with Crippen molar-refractivity contribution in [2.75, 3.05) is 0 Å². The van der Waals surface area contributed by atoms with Crippen LogP contribution in [0.1, 0.15) is 28.5 Å². The number of aromatic nitrogens is 1. The largest absolute Gasteiger partial charge is 0.481 e. The SMILES string of the molecule is Cc1ccc(-c2nc3c(s2)CCC3C(=O)O)cc1F. The predicted molar refractivity (Wildman–Crippen MR) is 70.9 cm³/mol. The Morgan fingerprint density at radius 1 is 1.53 bits per heavy atom. The number of fused-ring (bicyclic) bond motifs is 1. The van der Waals surface area contributed by atoms with Crippen molar-refractivity contribution in [3.63, 3.8) is 0 Å². The van der Waals surface area contributed by atoms with Crippen LogP contribution in [0.15, 0.2) is 18.2 Å². The van der Waals surface area contributed by atoms with Gasteiger partial charge in [0, 0.05) is 10.4 Å². The molecule has 1 aromatic carbocycles. The summed E-state index contributed by atoms with van der Waals surface area (Å²) in [4.78, 5) is 16.5. The molecule has 1 atom stereocenters. The van der Waals surface area contributed by atoms with Crippen molar-refractivity contribution in [1.82, 2.24) is 4.98 Å². The fourth-order valence-corrected chi connectivity index (χ4v) is 3.45. The lowest BCUT2D eigenvalue weighted by atomic mass is 10.1. The van der Waals surface area contributed by atoms with E-state index in [1.165, 1.54) is 17.4 Å². The van der Waals surface area contributed by atoms with E-state index in [4.69, 9.17) is 5.11 Å². The number of hydrogen-bond donors (Lipinski definition) is 1. The lowest BCUT2D eigenvalue weighted by molar-refractivity contribution is -0.138. The van der Waals surface area contributed by atoms with Crippen molar-refractivity contribution in [2.24, 2.45) is 0 Å². The molecule has 0 radical (unpaired) electrons. The molecule has 1 aliphatic carbocycles. The first-order valence-electron chi connectivity index (χ1n) is 6.05. The third-order valence-corrected chi connectivity index (χ3v) is 4.61. The molecule has 1 aromatic heterocycles. The predicted octanol–water partition coefficient (Wildman–Crippen LogP) is 3.37. The fourth-order valence-electron chi connectivity index (χ4n) is 2.32. The third-order valence-electron chi connectivity index (χ3n) is 3.43. The zero-order valence-corrected chi connectivity index (χ0v) is 11.1. The van der Waals surface area contributed by atoms with Crippen molar-refractivity contribution < 1.29 is 14.3 Å². The standard InChI is InChI=1S/C14H12FNO2S/c1-7-2-3-8(6-10(7)15)13-16-12-9(14(17)18)4-5-11(12)19-13/h2-3,6,9H,4-5H2,1H3,(H,17,18). The van der Waals surface area contributed by atoms with Crippen LogP contribution in [0, 0.1) is 12.7 Å². The Hall–Kier alpha value is -1.75. The van der Waals surface area contributed by atoms with E-state index in [2.05, 4.69) is 4.98 Å². The normalized spacial score (nSPS) is 17.5. The van der Waals surface area contributed by atoms with E-state index in [0.717, 1.165) is 11.3 Å². The van der Waals surface area contributed by atoms with Crippen LogP contribution in [0.3, 0.4) is 0 Å². The average Bonchev–Trinajstić information content (AvgIpc) is 2.91. The van der Waals surface area contributed by atoms with E-state index in [1.54, 1.807) is 13.0 Å². The van der Waals surface area contributed by atoms with Gasteiger partial charge in [0.05, 0.1) is 5.69 Å². The molecule has 1 heterocycles. The lowest BCUT2D eigenvalue weighted by Gasteiger charge is -2.02. The number of aryl methyl sites for hydroxylation is 2. The summed E-state index contributed by atoms with van der Waals surface area (Å²) in [5.41, 5.74) is 1.97. The van der Waals surface area contributed by atoms with Crippen LogP contribution in [-0.4, -0.2) is 16.1 Å². The van der Waals surface area contributed by atoms with Gasteiger partial charge in [0.2, 0.25) is 0 Å². The molecule has 19 heavy (non-hydrogen) atoms. The van der Waals surface area contributed by atoms with E-state index < -0.39 is 11.9 Å². The number of benzene rings is 1. The summed E-state index contributed by atoms with van der Waals surface area (Å²) in [5.74, 6) is -1.59. The van der Waals surface area contributed by atoms with Crippen LogP contribution < -0.4 is 0 Å². The van der Waals surface area contributed by atoms with Gasteiger partial charge in [-0.15, -0.1) is 11.3 Å². The molecule has 0 saturated carbocycles. The highest BCUT2D eigenvalue weighted by Gasteiger charge is 2.32. The van der Waals surface area contributed by atoms with Crippen molar-refractivity contribution in [1.29, 1.82) is 0 Å². The number of nitrogens with zero attached hydrogens (tertiary/aromatic N) is 1. The topological polar surface area (TPSA) is 50.2 Å². The first kappa shape index (κ1) is 12.3. The number of thiazole rings is 1. The van der Waals surface area contributed by atoms with Gasteiger partial charge in [0.25, 0.3) is 0 Å². The summed E-state index contributed by atoms with van der Waals surface area (Å²) < 4.78 is 13.6. The zero-order chi connectivity index (χ0) is 13.6. The Bertz CT molecular complexity index is 665. The quantitative estimate of drug-likeness (QED) is 0.915. The van der Waals surface area contributed by atoms with Gasteiger partial charge in [-0.3, -0.25) is 4.79 Å². The second kappa shape index (κ2) is 4.42. The first-order valence-corrected chi connectivity index (χ1v) is 6.87. The van der Waals surface area contributed by atoms with Crippen LogP contribution in [0.4, 0.5) is 4.39 Å². The molecule has 0 aliphatic heterocycles. The summed E-state index contributed by atoms with van der Waals surface area (Å²) in [6, 6.07) is 4.99. The van der Waals surface area contributed by atoms with E-state index in [9.17, 15) is 9.18 Å². The molecule has 5 heteroatoms. The number of carboxylic acid groups (broad SMARTS) is 1. The van der Waals surface area contributed by atoms with Crippen LogP contribution >= 0.6 is 11.3 Å². The Morgan fingerprint density at radius 3 is 3.00 bits per heavy atom. The molecule has 0 spiro atoms. The number of rotatable bonds is 2. The average molecular weight is 277 g/mol. The van der Waals surface area contributed by atoms with Crippen molar-refractivity contribution >= 4 is 17.3 Å². The molecule has 3 rings (SSSR count). The summed E-state index contributed by atoms with van der Waals surface area (Å²) in [7, 11) is 0. The molecule has 2 aromatic rings. The van der Waals surface area contributed by atoms with Gasteiger partial charge in [0.15, 0.2) is 0 Å². The highest BCUT2D eigenvalue weighted by Crippen LogP contribution is 2.39. The highest BCUT2D eigenvalue weighted by molar-refractivity contribution is 7.15. The van der Waals surface area contributed by atoms with Gasteiger partial charge in [-0.1, -0.05) is 12.1 Å². The van der Waals surface area contributed by atoms with Gasteiger partial charge in [-0.25, -0.2) is 9.37 Å². The highest BCUT2D eigenvalue weighted by atomic mass is 32.1. The molecular formula is C14H12FNO2S. The van der Waals surface area contributed by atoms with Crippen molar-refractivity contribution in [3.8, 4) is 10.6 Å².